The Morgan fingerprint density at radius 3 is 2.38 bits per heavy atom. The number of benzene rings is 2. The van der Waals surface area contributed by atoms with Crippen molar-refractivity contribution in [2.45, 2.75) is 32.9 Å². The third-order valence-electron chi connectivity index (χ3n) is 3.25. The molecule has 0 bridgehead atoms. The van der Waals surface area contributed by atoms with Gasteiger partial charge in [-0.15, -0.1) is 0 Å². The predicted molar refractivity (Wildman–Crippen MR) is 90.6 cm³/mol. The van der Waals surface area contributed by atoms with E-state index in [4.69, 9.17) is 27.9 Å². The van der Waals surface area contributed by atoms with Crippen LogP contribution in [-0.2, 0) is 6.54 Å². The van der Waals surface area contributed by atoms with Crippen LogP contribution in [0.5, 0.6) is 5.75 Å². The van der Waals surface area contributed by atoms with Gasteiger partial charge in [0.1, 0.15) is 5.75 Å². The predicted octanol–water partition coefficient (Wildman–Crippen LogP) is 5.78. The largest absolute Gasteiger partial charge is 0.491 e. The lowest BCUT2D eigenvalue weighted by Crippen LogP contribution is -2.09. The van der Waals surface area contributed by atoms with Gasteiger partial charge < -0.3 is 10.1 Å². The molecule has 2 nitrogen and oxygen atoms in total. The zero-order valence-corrected chi connectivity index (χ0v) is 13.7. The molecule has 2 rings (SSSR count). The van der Waals surface area contributed by atoms with Crippen LogP contribution in [0.4, 0.5) is 5.69 Å². The highest BCUT2D eigenvalue weighted by Gasteiger charge is 2.02. The van der Waals surface area contributed by atoms with Gasteiger partial charge in [-0.25, -0.2) is 0 Å². The highest BCUT2D eigenvalue weighted by molar-refractivity contribution is 6.42. The molecule has 0 fully saturated rings. The van der Waals surface area contributed by atoms with Crippen LogP contribution in [-0.4, -0.2) is 6.10 Å². The van der Waals surface area contributed by atoms with Crippen molar-refractivity contribution in [3.05, 3.63) is 58.1 Å². The molecule has 21 heavy (non-hydrogen) atoms. The highest BCUT2D eigenvalue weighted by Crippen LogP contribution is 2.25. The lowest BCUT2D eigenvalue weighted by molar-refractivity contribution is 0.217. The standard InChI is InChI=1S/C17H19Cl2NO/c1-3-12(2)21-15-7-4-13(5-8-15)11-20-14-6-9-16(18)17(19)10-14/h4-10,12,20H,3,11H2,1-2H3. The molecular formula is C17H19Cl2NO. The van der Waals surface area contributed by atoms with Gasteiger partial charge in [-0.05, 0) is 49.2 Å². The highest BCUT2D eigenvalue weighted by atomic mass is 35.5. The van der Waals surface area contributed by atoms with Crippen molar-refractivity contribution >= 4 is 28.9 Å². The summed E-state index contributed by atoms with van der Waals surface area (Å²) in [7, 11) is 0. The minimum absolute atomic E-state index is 0.241. The van der Waals surface area contributed by atoms with Crippen LogP contribution >= 0.6 is 23.2 Å². The summed E-state index contributed by atoms with van der Waals surface area (Å²) in [6.07, 6.45) is 1.24. The van der Waals surface area contributed by atoms with Crippen LogP contribution in [0.1, 0.15) is 25.8 Å². The first-order valence-electron chi connectivity index (χ1n) is 7.03. The number of halogens is 2. The lowest BCUT2D eigenvalue weighted by Gasteiger charge is -2.13. The van der Waals surface area contributed by atoms with Crippen LogP contribution < -0.4 is 10.1 Å². The smallest absolute Gasteiger partial charge is 0.119 e. The Bertz CT molecular complexity index is 584. The van der Waals surface area contributed by atoms with E-state index in [-0.39, 0.29) is 6.10 Å². The Morgan fingerprint density at radius 2 is 1.76 bits per heavy atom. The molecule has 4 heteroatoms. The summed E-state index contributed by atoms with van der Waals surface area (Å²) in [5.41, 5.74) is 2.13. The Morgan fingerprint density at radius 1 is 1.05 bits per heavy atom. The van der Waals surface area contributed by atoms with Crippen molar-refractivity contribution in [3.63, 3.8) is 0 Å². The number of anilines is 1. The van der Waals surface area contributed by atoms with E-state index >= 15 is 0 Å². The van der Waals surface area contributed by atoms with E-state index in [2.05, 4.69) is 31.3 Å². The zero-order chi connectivity index (χ0) is 15.2. The van der Waals surface area contributed by atoms with Gasteiger partial charge in [0.25, 0.3) is 0 Å². The van der Waals surface area contributed by atoms with Crippen LogP contribution in [0, 0.1) is 0 Å². The van der Waals surface area contributed by atoms with Crippen molar-refractivity contribution < 1.29 is 4.74 Å². The Hall–Kier alpha value is -1.38. The maximum Gasteiger partial charge on any atom is 0.119 e. The molecular weight excluding hydrogens is 305 g/mol. The molecule has 0 saturated carbocycles. The second-order valence-electron chi connectivity index (χ2n) is 4.96. The molecule has 2 aromatic rings. The molecule has 0 spiro atoms. The molecule has 2 aromatic carbocycles. The van der Waals surface area contributed by atoms with E-state index in [1.165, 1.54) is 5.56 Å². The van der Waals surface area contributed by atoms with Crippen LogP contribution in [0.2, 0.25) is 10.0 Å². The summed E-state index contributed by atoms with van der Waals surface area (Å²) in [5.74, 6) is 0.905. The molecule has 0 heterocycles. The van der Waals surface area contributed by atoms with E-state index in [1.54, 1.807) is 6.07 Å². The van der Waals surface area contributed by atoms with Gasteiger partial charge >= 0.3 is 0 Å². The Labute approximate surface area is 136 Å². The normalized spacial score (nSPS) is 12.0. The van der Waals surface area contributed by atoms with E-state index in [9.17, 15) is 0 Å². The first-order chi connectivity index (χ1) is 10.1. The third-order valence-corrected chi connectivity index (χ3v) is 3.99. The SMILES string of the molecule is CCC(C)Oc1ccc(CNc2ccc(Cl)c(Cl)c2)cc1. The van der Waals surface area contributed by atoms with Crippen LogP contribution in [0.15, 0.2) is 42.5 Å². The molecule has 0 aliphatic carbocycles. The topological polar surface area (TPSA) is 21.3 Å². The maximum absolute atomic E-state index is 5.99. The summed E-state index contributed by atoms with van der Waals surface area (Å²) in [4.78, 5) is 0. The van der Waals surface area contributed by atoms with E-state index in [0.717, 1.165) is 24.4 Å². The number of ether oxygens (including phenoxy) is 1. The molecule has 0 aromatic heterocycles. The minimum atomic E-state index is 0.241. The fraction of sp³-hybridized carbons (Fsp3) is 0.294. The number of nitrogens with one attached hydrogen (secondary N) is 1. The summed E-state index contributed by atoms with van der Waals surface area (Å²) in [6.45, 7) is 4.90. The molecule has 0 amide bonds. The molecule has 0 aliphatic rings. The van der Waals surface area contributed by atoms with E-state index in [0.29, 0.717) is 10.0 Å². The second-order valence-corrected chi connectivity index (χ2v) is 5.78. The van der Waals surface area contributed by atoms with Crippen LogP contribution in [0.25, 0.3) is 0 Å². The minimum Gasteiger partial charge on any atom is -0.491 e. The molecule has 0 saturated heterocycles. The summed E-state index contributed by atoms with van der Waals surface area (Å²) in [5, 5.41) is 4.43. The molecule has 1 N–H and O–H groups in total. The van der Waals surface area contributed by atoms with Crippen LogP contribution in [0.3, 0.4) is 0 Å². The lowest BCUT2D eigenvalue weighted by atomic mass is 10.2. The molecule has 0 radical (unpaired) electrons. The van der Waals surface area contributed by atoms with Gasteiger partial charge in [-0.2, -0.15) is 0 Å². The van der Waals surface area contributed by atoms with Gasteiger partial charge in [0.2, 0.25) is 0 Å². The fourth-order valence-electron chi connectivity index (χ4n) is 1.81. The number of hydrogen-bond donors (Lipinski definition) is 1. The number of rotatable bonds is 6. The van der Waals surface area contributed by atoms with Gasteiger partial charge in [-0.3, -0.25) is 0 Å². The zero-order valence-electron chi connectivity index (χ0n) is 12.2. The van der Waals surface area contributed by atoms with E-state index in [1.807, 2.05) is 24.3 Å². The van der Waals surface area contributed by atoms with Crippen molar-refractivity contribution in [2.75, 3.05) is 5.32 Å². The average Bonchev–Trinajstić information content (AvgIpc) is 2.50. The van der Waals surface area contributed by atoms with Gasteiger partial charge in [0, 0.05) is 12.2 Å². The first kappa shape index (κ1) is 16.0. The molecule has 0 aliphatic heterocycles. The van der Waals surface area contributed by atoms with Crippen molar-refractivity contribution in [3.8, 4) is 5.75 Å². The van der Waals surface area contributed by atoms with Crippen molar-refractivity contribution in [2.24, 2.45) is 0 Å². The second kappa shape index (κ2) is 7.58. The fourth-order valence-corrected chi connectivity index (χ4v) is 2.11. The monoisotopic (exact) mass is 323 g/mol. The first-order valence-corrected chi connectivity index (χ1v) is 7.78. The summed E-state index contributed by atoms with van der Waals surface area (Å²) in [6, 6.07) is 13.6. The number of hydrogen-bond acceptors (Lipinski definition) is 2. The Kier molecular flexibility index (Phi) is 5.77. The van der Waals surface area contributed by atoms with E-state index < -0.39 is 0 Å². The average molecular weight is 324 g/mol. The summed E-state index contributed by atoms with van der Waals surface area (Å²) < 4.78 is 5.76. The quantitative estimate of drug-likeness (QED) is 0.727. The van der Waals surface area contributed by atoms with Gasteiger partial charge in [-0.1, -0.05) is 42.3 Å². The van der Waals surface area contributed by atoms with Crippen molar-refractivity contribution in [1.82, 2.24) is 0 Å². The molecule has 112 valence electrons. The van der Waals surface area contributed by atoms with Crippen molar-refractivity contribution in [1.29, 1.82) is 0 Å². The molecule has 1 unspecified atom stereocenters. The Balaban J connectivity index is 1.92. The maximum atomic E-state index is 5.99. The summed E-state index contributed by atoms with van der Waals surface area (Å²) >= 11 is 11.9. The van der Waals surface area contributed by atoms with Gasteiger partial charge in [0.05, 0.1) is 16.1 Å². The molecule has 1 atom stereocenters. The van der Waals surface area contributed by atoms with Gasteiger partial charge in [0.15, 0.2) is 0 Å². The third kappa shape index (κ3) is 4.83.